The highest BCUT2D eigenvalue weighted by atomic mass is 19.2. The van der Waals surface area contributed by atoms with Crippen molar-refractivity contribution in [1.29, 1.82) is 0 Å². The molecule has 1 saturated carbocycles. The Bertz CT molecular complexity index is 1190. The predicted octanol–water partition coefficient (Wildman–Crippen LogP) is 3.82. The van der Waals surface area contributed by atoms with Crippen LogP contribution < -0.4 is 16.4 Å². The molecule has 5 N–H and O–H groups in total. The minimum absolute atomic E-state index is 0.0730. The number of amidine groups is 1. The van der Waals surface area contributed by atoms with Gasteiger partial charge in [0.1, 0.15) is 12.1 Å². The van der Waals surface area contributed by atoms with E-state index in [4.69, 9.17) is 5.73 Å². The lowest BCUT2D eigenvalue weighted by Gasteiger charge is -2.40. The number of nitrogens with two attached hydrogens (primary N) is 1. The Morgan fingerprint density at radius 3 is 2.48 bits per heavy atom. The number of fused-ring (bicyclic) bond motifs is 1. The standard InChI is InChI=1S/C30H38F3N5O2/c1-17-8-11-35-30-26(17)22(16-36-30)19-3-5-21(6-4-19)37-28(29(34)40)20-9-12-38(13-10-20)25(39)7-2-18-14-23(31)27(33)24(32)15-18/h2,7-8,11,14-17,19-21,26,28-29,37,40H,3-6,9-10,12-13,34H2,1H3,(H,35,36)/b7-2+. The number of amides is 1. The van der Waals surface area contributed by atoms with Crippen molar-refractivity contribution in [1.82, 2.24) is 15.5 Å². The van der Waals surface area contributed by atoms with Gasteiger partial charge in [0, 0.05) is 43.4 Å². The van der Waals surface area contributed by atoms with Gasteiger partial charge in [-0.3, -0.25) is 4.79 Å². The third kappa shape index (κ3) is 6.19. The molecule has 40 heavy (non-hydrogen) atoms. The first kappa shape index (κ1) is 28.6. The normalized spacial score (nSPS) is 28.6. The Labute approximate surface area is 233 Å². The van der Waals surface area contributed by atoms with E-state index in [1.165, 1.54) is 17.7 Å². The molecule has 1 amide bonds. The summed E-state index contributed by atoms with van der Waals surface area (Å²) in [4.78, 5) is 18.9. The molecule has 0 spiro atoms. The molecule has 1 aromatic rings. The predicted molar refractivity (Wildman–Crippen MR) is 148 cm³/mol. The summed E-state index contributed by atoms with van der Waals surface area (Å²) in [7, 11) is 0. The third-order valence-corrected chi connectivity index (χ3v) is 8.94. The van der Waals surface area contributed by atoms with E-state index in [0.29, 0.717) is 43.7 Å². The number of aliphatic hydroxyl groups excluding tert-OH is 1. The van der Waals surface area contributed by atoms with E-state index >= 15 is 0 Å². The van der Waals surface area contributed by atoms with Gasteiger partial charge in [-0.1, -0.05) is 13.0 Å². The average molecular weight is 558 g/mol. The molecule has 0 radical (unpaired) electrons. The summed E-state index contributed by atoms with van der Waals surface area (Å²) < 4.78 is 40.0. The van der Waals surface area contributed by atoms with Crippen LogP contribution in [0.5, 0.6) is 0 Å². The summed E-state index contributed by atoms with van der Waals surface area (Å²) in [6.07, 6.45) is 13.2. The second-order valence-electron chi connectivity index (χ2n) is 11.5. The number of likely N-dealkylation sites (tertiary alicyclic amines) is 1. The van der Waals surface area contributed by atoms with Gasteiger partial charge in [-0.2, -0.15) is 0 Å². The number of benzene rings is 1. The molecule has 1 saturated heterocycles. The Hall–Kier alpha value is -2.95. The zero-order valence-electron chi connectivity index (χ0n) is 22.7. The fourth-order valence-electron chi connectivity index (χ4n) is 6.70. The van der Waals surface area contributed by atoms with Crippen LogP contribution in [-0.4, -0.2) is 53.2 Å². The summed E-state index contributed by atoms with van der Waals surface area (Å²) in [5, 5.41) is 17.4. The van der Waals surface area contributed by atoms with Gasteiger partial charge in [-0.25, -0.2) is 18.2 Å². The van der Waals surface area contributed by atoms with Crippen molar-refractivity contribution in [2.24, 2.45) is 34.4 Å². The monoisotopic (exact) mass is 557 g/mol. The van der Waals surface area contributed by atoms with E-state index in [2.05, 4.69) is 34.8 Å². The lowest BCUT2D eigenvalue weighted by Crippen LogP contribution is -2.56. The zero-order chi connectivity index (χ0) is 28.4. The molecule has 2 fully saturated rings. The molecule has 0 aromatic heterocycles. The number of carbonyl (C=O) groups excluding carboxylic acids is 1. The van der Waals surface area contributed by atoms with Crippen LogP contribution in [0.4, 0.5) is 13.2 Å². The van der Waals surface area contributed by atoms with E-state index in [1.54, 1.807) is 4.90 Å². The smallest absolute Gasteiger partial charge is 0.246 e. The van der Waals surface area contributed by atoms with Crippen molar-refractivity contribution >= 4 is 17.8 Å². The molecule has 1 aromatic carbocycles. The van der Waals surface area contributed by atoms with E-state index < -0.39 is 23.7 Å². The Kier molecular flexibility index (Phi) is 8.77. The zero-order valence-corrected chi connectivity index (χ0v) is 22.7. The van der Waals surface area contributed by atoms with Crippen molar-refractivity contribution in [3.63, 3.8) is 0 Å². The number of hydrogen-bond acceptors (Lipinski definition) is 6. The summed E-state index contributed by atoms with van der Waals surface area (Å²) in [5.41, 5.74) is 7.52. The first-order valence-corrected chi connectivity index (χ1v) is 14.2. The molecule has 4 aliphatic rings. The van der Waals surface area contributed by atoms with Gasteiger partial charge in [0.25, 0.3) is 0 Å². The number of aliphatic imine (C=N–C) groups is 1. The fraction of sp³-hybridized carbons (Fsp3) is 0.533. The first-order chi connectivity index (χ1) is 19.2. The van der Waals surface area contributed by atoms with Gasteiger partial charge in [-0.05, 0) is 91.8 Å². The van der Waals surface area contributed by atoms with Crippen molar-refractivity contribution in [3.8, 4) is 0 Å². The van der Waals surface area contributed by atoms with E-state index in [-0.39, 0.29) is 29.5 Å². The van der Waals surface area contributed by atoms with Gasteiger partial charge in [0.15, 0.2) is 17.5 Å². The highest BCUT2D eigenvalue weighted by Crippen LogP contribution is 2.40. The number of carbonyl (C=O) groups is 1. The molecule has 7 nitrogen and oxygen atoms in total. The van der Waals surface area contributed by atoms with Crippen molar-refractivity contribution in [2.75, 3.05) is 13.1 Å². The van der Waals surface area contributed by atoms with Crippen LogP contribution in [0.3, 0.4) is 0 Å². The Morgan fingerprint density at radius 2 is 1.82 bits per heavy atom. The minimum Gasteiger partial charge on any atom is -0.377 e. The molecule has 1 aliphatic carbocycles. The van der Waals surface area contributed by atoms with Crippen LogP contribution in [0, 0.1) is 41.1 Å². The second-order valence-corrected chi connectivity index (χ2v) is 11.5. The van der Waals surface area contributed by atoms with E-state index in [0.717, 1.165) is 43.7 Å². The second kappa shape index (κ2) is 12.3. The SMILES string of the molecule is CC1C=CNC2=NC=C(C3CCC(NC(C(N)O)C4CCN(C(=O)/C=C/c5cc(F)c(F)c(F)c5)CC4)CC3)C21. The molecular formula is C30H38F3N5O2. The minimum atomic E-state index is -1.53. The fourth-order valence-corrected chi connectivity index (χ4v) is 6.70. The van der Waals surface area contributed by atoms with Gasteiger partial charge in [-0.15, -0.1) is 0 Å². The summed E-state index contributed by atoms with van der Waals surface area (Å²) in [5.74, 6) is -1.97. The van der Waals surface area contributed by atoms with Gasteiger partial charge < -0.3 is 26.4 Å². The van der Waals surface area contributed by atoms with Crippen LogP contribution in [0.25, 0.3) is 6.08 Å². The Morgan fingerprint density at radius 1 is 1.15 bits per heavy atom. The number of rotatable bonds is 7. The molecule has 3 aliphatic heterocycles. The summed E-state index contributed by atoms with van der Waals surface area (Å²) >= 11 is 0. The molecule has 5 rings (SSSR count). The van der Waals surface area contributed by atoms with Gasteiger partial charge in [0.05, 0.1) is 0 Å². The number of nitrogens with zero attached hydrogens (tertiary/aromatic N) is 2. The van der Waals surface area contributed by atoms with Gasteiger partial charge in [0.2, 0.25) is 5.91 Å². The molecule has 0 bridgehead atoms. The highest BCUT2D eigenvalue weighted by Gasteiger charge is 2.38. The maximum absolute atomic E-state index is 13.4. The molecule has 4 atom stereocenters. The molecule has 216 valence electrons. The van der Waals surface area contributed by atoms with Crippen LogP contribution in [-0.2, 0) is 4.79 Å². The van der Waals surface area contributed by atoms with Gasteiger partial charge >= 0.3 is 0 Å². The summed E-state index contributed by atoms with van der Waals surface area (Å²) in [6, 6.07) is 1.69. The number of hydrogen-bond donors (Lipinski definition) is 4. The maximum Gasteiger partial charge on any atom is 0.246 e. The maximum atomic E-state index is 13.4. The average Bonchev–Trinajstić information content (AvgIpc) is 3.39. The summed E-state index contributed by atoms with van der Waals surface area (Å²) in [6.45, 7) is 3.20. The van der Waals surface area contributed by atoms with Crippen LogP contribution >= 0.6 is 0 Å². The number of halogens is 3. The van der Waals surface area contributed by atoms with Crippen molar-refractivity contribution < 1.29 is 23.1 Å². The largest absolute Gasteiger partial charge is 0.377 e. The first-order valence-electron chi connectivity index (χ1n) is 14.2. The topological polar surface area (TPSA) is 103 Å². The van der Waals surface area contributed by atoms with Crippen molar-refractivity contribution in [3.05, 3.63) is 65.3 Å². The van der Waals surface area contributed by atoms with E-state index in [1.807, 2.05) is 6.20 Å². The lowest BCUT2D eigenvalue weighted by atomic mass is 9.73. The number of piperidine rings is 1. The van der Waals surface area contributed by atoms with Crippen molar-refractivity contribution in [2.45, 2.75) is 63.8 Å². The highest BCUT2D eigenvalue weighted by molar-refractivity contribution is 5.92. The molecule has 10 heteroatoms. The number of aliphatic hydroxyl groups is 1. The lowest BCUT2D eigenvalue weighted by molar-refractivity contribution is -0.127. The van der Waals surface area contributed by atoms with Crippen LogP contribution in [0.2, 0.25) is 0 Å². The van der Waals surface area contributed by atoms with Crippen LogP contribution in [0.1, 0.15) is 51.0 Å². The van der Waals surface area contributed by atoms with Crippen LogP contribution in [0.15, 0.2) is 47.3 Å². The van der Waals surface area contributed by atoms with E-state index in [9.17, 15) is 23.1 Å². The Balaban J connectivity index is 1.10. The third-order valence-electron chi connectivity index (χ3n) is 8.94. The molecular weight excluding hydrogens is 519 g/mol. The quantitative estimate of drug-likeness (QED) is 0.232. The number of allylic oxidation sites excluding steroid dienone is 1. The molecule has 3 heterocycles. The molecule has 4 unspecified atom stereocenters. The number of nitrogens with one attached hydrogen (secondary N) is 2.